The summed E-state index contributed by atoms with van der Waals surface area (Å²) in [6, 6.07) is 7.91. The summed E-state index contributed by atoms with van der Waals surface area (Å²) in [6.07, 6.45) is 1.43. The van der Waals surface area contributed by atoms with Crippen molar-refractivity contribution < 1.29 is 9.53 Å². The number of hydrogen-bond acceptors (Lipinski definition) is 2. The van der Waals surface area contributed by atoms with Crippen molar-refractivity contribution in [1.29, 1.82) is 0 Å². The molecule has 0 radical (unpaired) electrons. The average Bonchev–Trinajstić information content (AvgIpc) is 2.85. The minimum atomic E-state index is -0.328. The molecule has 102 valence electrons. The standard InChI is InChI=1S/C15H18BrNO2/c1-10-6-7-17(9-12(10)16)15(18)14-8-11-4-2-3-5-13(11)19-14/h2-5,10,12,14H,6-9H2,1H3. The molecule has 0 spiro atoms. The van der Waals surface area contributed by atoms with Crippen molar-refractivity contribution in [3.63, 3.8) is 0 Å². The Morgan fingerprint density at radius 1 is 1.42 bits per heavy atom. The van der Waals surface area contributed by atoms with Crippen LogP contribution >= 0.6 is 15.9 Å². The first-order valence-electron chi connectivity index (χ1n) is 6.82. The normalized spacial score (nSPS) is 29.8. The van der Waals surface area contributed by atoms with Crippen LogP contribution in [0.3, 0.4) is 0 Å². The van der Waals surface area contributed by atoms with Gasteiger partial charge in [0.2, 0.25) is 0 Å². The lowest BCUT2D eigenvalue weighted by molar-refractivity contribution is -0.139. The number of carbonyl (C=O) groups is 1. The van der Waals surface area contributed by atoms with Gasteiger partial charge in [-0.15, -0.1) is 0 Å². The molecule has 3 unspecified atom stereocenters. The molecule has 0 aromatic heterocycles. The highest BCUT2D eigenvalue weighted by Gasteiger charge is 2.35. The summed E-state index contributed by atoms with van der Waals surface area (Å²) in [6.45, 7) is 3.86. The molecule has 1 aromatic carbocycles. The van der Waals surface area contributed by atoms with E-state index < -0.39 is 0 Å². The largest absolute Gasteiger partial charge is 0.480 e. The van der Waals surface area contributed by atoms with Crippen LogP contribution in [0.15, 0.2) is 24.3 Å². The zero-order valence-electron chi connectivity index (χ0n) is 11.0. The highest BCUT2D eigenvalue weighted by molar-refractivity contribution is 9.09. The predicted octanol–water partition coefficient (Wildman–Crippen LogP) is 2.62. The van der Waals surface area contributed by atoms with Crippen LogP contribution in [0.1, 0.15) is 18.9 Å². The van der Waals surface area contributed by atoms with E-state index in [1.165, 1.54) is 0 Å². The molecule has 4 heteroatoms. The van der Waals surface area contributed by atoms with Gasteiger partial charge in [-0.1, -0.05) is 41.1 Å². The van der Waals surface area contributed by atoms with Gasteiger partial charge in [0.1, 0.15) is 5.75 Å². The van der Waals surface area contributed by atoms with Gasteiger partial charge in [0, 0.05) is 24.3 Å². The van der Waals surface area contributed by atoms with Crippen molar-refractivity contribution in [1.82, 2.24) is 4.90 Å². The highest BCUT2D eigenvalue weighted by atomic mass is 79.9. The van der Waals surface area contributed by atoms with E-state index in [-0.39, 0.29) is 12.0 Å². The number of ether oxygens (including phenoxy) is 1. The first-order valence-corrected chi connectivity index (χ1v) is 7.74. The fourth-order valence-electron chi connectivity index (χ4n) is 2.75. The Balaban J connectivity index is 1.67. The molecule has 2 heterocycles. The summed E-state index contributed by atoms with van der Waals surface area (Å²) in [7, 11) is 0. The first-order chi connectivity index (χ1) is 9.15. The molecule has 19 heavy (non-hydrogen) atoms. The fourth-order valence-corrected chi connectivity index (χ4v) is 3.36. The molecule has 3 nitrogen and oxygen atoms in total. The second kappa shape index (κ2) is 5.16. The Bertz CT molecular complexity index is 466. The Morgan fingerprint density at radius 2 is 2.21 bits per heavy atom. The molecule has 1 aromatic rings. The number of halogens is 1. The van der Waals surface area contributed by atoms with Gasteiger partial charge in [-0.2, -0.15) is 0 Å². The molecule has 2 aliphatic rings. The van der Waals surface area contributed by atoms with Gasteiger partial charge in [0.15, 0.2) is 6.10 Å². The van der Waals surface area contributed by atoms with Crippen molar-refractivity contribution in [2.45, 2.75) is 30.7 Å². The number of carbonyl (C=O) groups excluding carboxylic acids is 1. The van der Waals surface area contributed by atoms with Crippen LogP contribution < -0.4 is 4.74 Å². The first kappa shape index (κ1) is 13.0. The summed E-state index contributed by atoms with van der Waals surface area (Å²) in [4.78, 5) is 14.8. The van der Waals surface area contributed by atoms with Crippen LogP contribution in [0.4, 0.5) is 0 Å². The second-order valence-corrected chi connectivity index (χ2v) is 6.66. The van der Waals surface area contributed by atoms with E-state index in [2.05, 4.69) is 22.9 Å². The Hall–Kier alpha value is -1.03. The Kier molecular flexibility index (Phi) is 3.52. The van der Waals surface area contributed by atoms with Gasteiger partial charge < -0.3 is 9.64 Å². The Morgan fingerprint density at radius 3 is 2.95 bits per heavy atom. The van der Waals surface area contributed by atoms with E-state index in [4.69, 9.17) is 4.74 Å². The van der Waals surface area contributed by atoms with Crippen molar-refractivity contribution in [2.24, 2.45) is 5.92 Å². The number of benzene rings is 1. The predicted molar refractivity (Wildman–Crippen MR) is 77.6 cm³/mol. The highest BCUT2D eigenvalue weighted by Crippen LogP contribution is 2.30. The van der Waals surface area contributed by atoms with Crippen LogP contribution in [0, 0.1) is 5.92 Å². The van der Waals surface area contributed by atoms with Gasteiger partial charge in [-0.25, -0.2) is 0 Å². The lowest BCUT2D eigenvalue weighted by atomic mass is 9.98. The topological polar surface area (TPSA) is 29.5 Å². The second-order valence-electron chi connectivity index (χ2n) is 5.48. The van der Waals surface area contributed by atoms with Crippen molar-refractivity contribution >= 4 is 21.8 Å². The molecule has 1 fully saturated rings. The molecule has 2 aliphatic heterocycles. The number of amides is 1. The van der Waals surface area contributed by atoms with Gasteiger partial charge in [0.25, 0.3) is 5.91 Å². The maximum Gasteiger partial charge on any atom is 0.264 e. The summed E-state index contributed by atoms with van der Waals surface area (Å²) in [5, 5.41) is 0. The fraction of sp³-hybridized carbons (Fsp3) is 0.533. The van der Waals surface area contributed by atoms with E-state index in [1.54, 1.807) is 0 Å². The molecule has 0 saturated carbocycles. The lowest BCUT2D eigenvalue weighted by Gasteiger charge is -2.35. The van der Waals surface area contributed by atoms with E-state index in [1.807, 2.05) is 29.2 Å². The number of hydrogen-bond donors (Lipinski definition) is 0. The van der Waals surface area contributed by atoms with Crippen molar-refractivity contribution in [3.05, 3.63) is 29.8 Å². The van der Waals surface area contributed by atoms with E-state index in [9.17, 15) is 4.79 Å². The van der Waals surface area contributed by atoms with Crippen LogP contribution in [-0.4, -0.2) is 34.8 Å². The third-order valence-electron chi connectivity index (χ3n) is 4.10. The molecule has 0 aliphatic carbocycles. The maximum absolute atomic E-state index is 12.5. The molecular formula is C15H18BrNO2. The van der Waals surface area contributed by atoms with E-state index >= 15 is 0 Å². The summed E-state index contributed by atoms with van der Waals surface area (Å²) in [5.41, 5.74) is 1.14. The monoisotopic (exact) mass is 323 g/mol. The zero-order valence-corrected chi connectivity index (χ0v) is 12.6. The number of para-hydroxylation sites is 1. The van der Waals surface area contributed by atoms with Gasteiger partial charge in [-0.05, 0) is 24.0 Å². The van der Waals surface area contributed by atoms with Crippen molar-refractivity contribution in [2.75, 3.05) is 13.1 Å². The summed E-state index contributed by atoms with van der Waals surface area (Å²) < 4.78 is 5.78. The average molecular weight is 324 g/mol. The maximum atomic E-state index is 12.5. The van der Waals surface area contributed by atoms with Crippen molar-refractivity contribution in [3.8, 4) is 5.75 Å². The minimum Gasteiger partial charge on any atom is -0.480 e. The SMILES string of the molecule is CC1CCN(C(=O)C2Cc3ccccc3O2)CC1Br. The van der Waals surface area contributed by atoms with Gasteiger partial charge in [0.05, 0.1) is 0 Å². The van der Waals surface area contributed by atoms with Crippen LogP contribution in [0.25, 0.3) is 0 Å². The van der Waals surface area contributed by atoms with Crippen LogP contribution in [0.5, 0.6) is 5.75 Å². The quantitative estimate of drug-likeness (QED) is 0.743. The number of piperidine rings is 1. The number of fused-ring (bicyclic) bond motifs is 1. The number of rotatable bonds is 1. The molecule has 1 amide bonds. The Labute approximate surface area is 122 Å². The van der Waals surface area contributed by atoms with Crippen LogP contribution in [0.2, 0.25) is 0 Å². The lowest BCUT2D eigenvalue weighted by Crippen LogP contribution is -2.48. The third kappa shape index (κ3) is 2.50. The molecule has 0 bridgehead atoms. The zero-order chi connectivity index (χ0) is 13.4. The molecule has 3 rings (SSSR count). The summed E-state index contributed by atoms with van der Waals surface area (Å²) >= 11 is 3.66. The molecular weight excluding hydrogens is 306 g/mol. The minimum absolute atomic E-state index is 0.132. The smallest absolute Gasteiger partial charge is 0.264 e. The third-order valence-corrected chi connectivity index (χ3v) is 5.29. The summed E-state index contributed by atoms with van der Waals surface area (Å²) in [5.74, 6) is 1.62. The molecule has 3 atom stereocenters. The van der Waals surface area contributed by atoms with E-state index in [0.29, 0.717) is 17.2 Å². The number of likely N-dealkylation sites (tertiary alicyclic amines) is 1. The van der Waals surface area contributed by atoms with Gasteiger partial charge >= 0.3 is 0 Å². The van der Waals surface area contributed by atoms with Gasteiger partial charge in [-0.3, -0.25) is 4.79 Å². The molecule has 1 saturated heterocycles. The number of nitrogens with zero attached hydrogens (tertiary/aromatic N) is 1. The molecule has 0 N–H and O–H groups in total. The van der Waals surface area contributed by atoms with Crippen LogP contribution in [-0.2, 0) is 11.2 Å². The van der Waals surface area contributed by atoms with E-state index in [0.717, 1.165) is 30.8 Å². The number of alkyl halides is 1.